The van der Waals surface area contributed by atoms with E-state index >= 15 is 0 Å². The molecule has 0 saturated carbocycles. The third kappa shape index (κ3) is 4.76. The molecule has 2 amide bonds. The van der Waals surface area contributed by atoms with Crippen molar-refractivity contribution in [3.63, 3.8) is 0 Å². The molecule has 0 spiro atoms. The fourth-order valence-corrected chi connectivity index (χ4v) is 3.91. The molecule has 0 radical (unpaired) electrons. The first-order chi connectivity index (χ1) is 13.8. The molecular weight excluding hydrogens is 399 g/mol. The van der Waals surface area contributed by atoms with E-state index < -0.39 is 17.6 Å². The third-order valence-corrected chi connectivity index (χ3v) is 5.57. The van der Waals surface area contributed by atoms with E-state index in [1.165, 1.54) is 12.1 Å². The molecular formula is C20H24ClFN4O3. The third-order valence-electron chi connectivity index (χ3n) is 5.22. The number of morpholine rings is 1. The fraction of sp³-hybridized carbons (Fsp3) is 0.450. The number of carbonyl (C=O) groups is 2. The van der Waals surface area contributed by atoms with Crippen molar-refractivity contribution in [2.75, 3.05) is 26.3 Å². The van der Waals surface area contributed by atoms with Gasteiger partial charge in [0.25, 0.3) is 0 Å². The number of ether oxygens (including phenoxy) is 1. The first-order valence-corrected chi connectivity index (χ1v) is 9.78. The van der Waals surface area contributed by atoms with Crippen molar-refractivity contribution in [1.29, 1.82) is 0 Å². The minimum Gasteiger partial charge on any atom is -0.378 e. The standard InChI is InChI=1S/C20H24ClFN4O3/c1-12-19(16(20(23)28)9-14-3-4-15(22)10-17(14)21)13(2)26(24-12)11-18(27)25-5-7-29-8-6-25/h3-4,10,16H,5-9,11H2,1-2H3,(H2,23,28). The summed E-state index contributed by atoms with van der Waals surface area (Å²) in [5.41, 5.74) is 8.30. The number of amides is 2. The predicted octanol–water partition coefficient (Wildman–Crippen LogP) is 1.96. The number of hydrogen-bond donors (Lipinski definition) is 1. The van der Waals surface area contributed by atoms with Crippen LogP contribution in [0.2, 0.25) is 5.02 Å². The maximum Gasteiger partial charge on any atom is 0.244 e. The van der Waals surface area contributed by atoms with Gasteiger partial charge in [-0.25, -0.2) is 4.39 Å². The summed E-state index contributed by atoms with van der Waals surface area (Å²) < 4.78 is 20.2. The minimum atomic E-state index is -0.690. The zero-order valence-corrected chi connectivity index (χ0v) is 17.2. The maximum atomic E-state index is 13.3. The highest BCUT2D eigenvalue weighted by Gasteiger charge is 2.28. The van der Waals surface area contributed by atoms with Crippen molar-refractivity contribution in [3.05, 3.63) is 51.6 Å². The molecule has 1 aliphatic heterocycles. The lowest BCUT2D eigenvalue weighted by Gasteiger charge is -2.27. The van der Waals surface area contributed by atoms with Crippen LogP contribution >= 0.6 is 11.6 Å². The molecule has 1 atom stereocenters. The summed E-state index contributed by atoms with van der Waals surface area (Å²) in [6.45, 7) is 5.82. The minimum absolute atomic E-state index is 0.0531. The molecule has 1 aliphatic rings. The number of aryl methyl sites for hydroxylation is 1. The molecule has 9 heteroatoms. The second-order valence-electron chi connectivity index (χ2n) is 7.13. The summed E-state index contributed by atoms with van der Waals surface area (Å²) in [6.07, 6.45) is 0.221. The number of primary amides is 1. The summed E-state index contributed by atoms with van der Waals surface area (Å²) in [6, 6.07) is 4.05. The lowest BCUT2D eigenvalue weighted by molar-refractivity contribution is -0.136. The molecule has 1 aromatic heterocycles. The summed E-state index contributed by atoms with van der Waals surface area (Å²) in [4.78, 5) is 26.6. The van der Waals surface area contributed by atoms with Crippen molar-refractivity contribution in [3.8, 4) is 0 Å². The van der Waals surface area contributed by atoms with Gasteiger partial charge in [-0.15, -0.1) is 0 Å². The molecule has 2 heterocycles. The molecule has 3 rings (SSSR count). The molecule has 1 saturated heterocycles. The van der Waals surface area contributed by atoms with E-state index in [0.717, 1.165) is 0 Å². The maximum absolute atomic E-state index is 13.3. The van der Waals surface area contributed by atoms with Crippen molar-refractivity contribution in [1.82, 2.24) is 14.7 Å². The summed E-state index contributed by atoms with van der Waals surface area (Å²) in [5.74, 6) is -1.72. The summed E-state index contributed by atoms with van der Waals surface area (Å²) in [7, 11) is 0. The number of carbonyl (C=O) groups excluding carboxylic acids is 2. The van der Waals surface area contributed by atoms with Gasteiger partial charge in [0.15, 0.2) is 0 Å². The van der Waals surface area contributed by atoms with Gasteiger partial charge < -0.3 is 15.4 Å². The van der Waals surface area contributed by atoms with E-state index in [0.29, 0.717) is 48.8 Å². The SMILES string of the molecule is Cc1nn(CC(=O)N2CCOCC2)c(C)c1C(Cc1ccc(F)cc1Cl)C(N)=O. The van der Waals surface area contributed by atoms with E-state index in [4.69, 9.17) is 22.1 Å². The number of nitrogens with zero attached hydrogens (tertiary/aromatic N) is 3. The Labute approximate surface area is 173 Å². The van der Waals surface area contributed by atoms with Crippen LogP contribution in [0.4, 0.5) is 4.39 Å². The molecule has 1 aromatic carbocycles. The van der Waals surface area contributed by atoms with Crippen LogP contribution < -0.4 is 5.73 Å². The van der Waals surface area contributed by atoms with E-state index in [1.54, 1.807) is 22.6 Å². The van der Waals surface area contributed by atoms with E-state index in [1.807, 2.05) is 6.92 Å². The molecule has 2 aromatic rings. The van der Waals surface area contributed by atoms with Crippen molar-refractivity contribution in [2.24, 2.45) is 5.73 Å². The Balaban J connectivity index is 1.85. The Bertz CT molecular complexity index is 925. The topological polar surface area (TPSA) is 90.4 Å². The first kappa shape index (κ1) is 21.3. The molecule has 2 N–H and O–H groups in total. The van der Waals surface area contributed by atoms with Crippen LogP contribution in [0.15, 0.2) is 18.2 Å². The monoisotopic (exact) mass is 422 g/mol. The Hall–Kier alpha value is -2.45. The van der Waals surface area contributed by atoms with Crippen molar-refractivity contribution < 1.29 is 18.7 Å². The Morgan fingerprint density at radius 2 is 2.00 bits per heavy atom. The highest BCUT2D eigenvalue weighted by atomic mass is 35.5. The lowest BCUT2D eigenvalue weighted by Crippen LogP contribution is -2.42. The van der Waals surface area contributed by atoms with Crippen LogP contribution in [0.25, 0.3) is 0 Å². The molecule has 1 fully saturated rings. The molecule has 0 bridgehead atoms. The predicted molar refractivity (Wildman–Crippen MR) is 106 cm³/mol. The largest absolute Gasteiger partial charge is 0.378 e. The van der Waals surface area contributed by atoms with Crippen molar-refractivity contribution in [2.45, 2.75) is 32.7 Å². The van der Waals surface area contributed by atoms with Gasteiger partial charge in [-0.05, 0) is 38.0 Å². The van der Waals surface area contributed by atoms with Gasteiger partial charge in [-0.3, -0.25) is 14.3 Å². The van der Waals surface area contributed by atoms with Crippen LogP contribution in [0, 0.1) is 19.7 Å². The van der Waals surface area contributed by atoms with E-state index in [-0.39, 0.29) is 23.9 Å². The summed E-state index contributed by atoms with van der Waals surface area (Å²) in [5, 5.41) is 4.70. The first-order valence-electron chi connectivity index (χ1n) is 9.40. The molecule has 29 heavy (non-hydrogen) atoms. The Morgan fingerprint density at radius 3 is 2.62 bits per heavy atom. The van der Waals surface area contributed by atoms with E-state index in [2.05, 4.69) is 5.10 Å². The number of rotatable bonds is 6. The number of hydrogen-bond acceptors (Lipinski definition) is 4. The second-order valence-corrected chi connectivity index (χ2v) is 7.54. The lowest BCUT2D eigenvalue weighted by atomic mass is 9.90. The molecule has 156 valence electrons. The molecule has 1 unspecified atom stereocenters. The van der Waals surface area contributed by atoms with Gasteiger partial charge in [0, 0.05) is 29.4 Å². The van der Waals surface area contributed by atoms with Crippen LogP contribution in [0.5, 0.6) is 0 Å². The Kier molecular flexibility index (Phi) is 6.54. The number of aromatic nitrogens is 2. The van der Waals surface area contributed by atoms with Gasteiger partial charge >= 0.3 is 0 Å². The second kappa shape index (κ2) is 8.92. The zero-order chi connectivity index (χ0) is 21.1. The van der Waals surface area contributed by atoms with Gasteiger partial charge in [-0.2, -0.15) is 5.10 Å². The van der Waals surface area contributed by atoms with Crippen LogP contribution in [0.3, 0.4) is 0 Å². The number of benzene rings is 1. The highest BCUT2D eigenvalue weighted by Crippen LogP contribution is 2.30. The van der Waals surface area contributed by atoms with E-state index in [9.17, 15) is 14.0 Å². The summed E-state index contributed by atoms with van der Waals surface area (Å²) >= 11 is 6.13. The van der Waals surface area contributed by atoms with Gasteiger partial charge in [0.1, 0.15) is 12.4 Å². The number of nitrogens with two attached hydrogens (primary N) is 1. The number of halogens is 2. The van der Waals surface area contributed by atoms with Crippen molar-refractivity contribution >= 4 is 23.4 Å². The normalized spacial score (nSPS) is 15.4. The average molecular weight is 423 g/mol. The molecule has 7 nitrogen and oxygen atoms in total. The van der Waals surface area contributed by atoms with Crippen LogP contribution in [-0.2, 0) is 27.3 Å². The van der Waals surface area contributed by atoms with Gasteiger partial charge in [0.05, 0.1) is 24.8 Å². The smallest absolute Gasteiger partial charge is 0.244 e. The fourth-order valence-electron chi connectivity index (χ4n) is 3.66. The highest BCUT2D eigenvalue weighted by molar-refractivity contribution is 6.31. The van der Waals surface area contributed by atoms with Crippen LogP contribution in [0.1, 0.15) is 28.4 Å². The van der Waals surface area contributed by atoms with Gasteiger partial charge in [-0.1, -0.05) is 17.7 Å². The average Bonchev–Trinajstić information content (AvgIpc) is 2.95. The zero-order valence-electron chi connectivity index (χ0n) is 16.5. The van der Waals surface area contributed by atoms with Crippen LogP contribution in [-0.4, -0.2) is 52.8 Å². The Morgan fingerprint density at radius 1 is 1.31 bits per heavy atom. The van der Waals surface area contributed by atoms with Gasteiger partial charge in [0.2, 0.25) is 11.8 Å². The molecule has 0 aliphatic carbocycles. The quantitative estimate of drug-likeness (QED) is 0.770.